The van der Waals surface area contributed by atoms with Gasteiger partial charge in [0.05, 0.1) is 13.0 Å². The van der Waals surface area contributed by atoms with Crippen LogP contribution in [0.15, 0.2) is 6.33 Å². The van der Waals surface area contributed by atoms with Crippen molar-refractivity contribution in [1.29, 1.82) is 0 Å². The zero-order valence-corrected chi connectivity index (χ0v) is 8.01. The third-order valence-corrected chi connectivity index (χ3v) is 1.79. The topological polar surface area (TPSA) is 77.2 Å². The molecule has 1 N–H and O–H groups in total. The molecule has 1 aromatic rings. The van der Waals surface area contributed by atoms with E-state index in [1.807, 2.05) is 0 Å². The number of carboxylic acid groups (broad SMARTS) is 1. The highest BCUT2D eigenvalue weighted by molar-refractivity contribution is 5.66. The van der Waals surface area contributed by atoms with Crippen LogP contribution in [0, 0.1) is 0 Å². The maximum Gasteiger partial charge on any atom is 0.305 e. The molecule has 0 aliphatic carbocycles. The largest absolute Gasteiger partial charge is 0.481 e. The molecule has 6 heteroatoms. The smallest absolute Gasteiger partial charge is 0.305 e. The van der Waals surface area contributed by atoms with Crippen LogP contribution < -0.4 is 0 Å². The number of aliphatic carboxylic acids is 1. The van der Waals surface area contributed by atoms with Crippen molar-refractivity contribution in [3.05, 3.63) is 12.2 Å². The number of aryl methyl sites for hydroxylation is 1. The van der Waals surface area contributed by atoms with E-state index in [4.69, 9.17) is 9.84 Å². The van der Waals surface area contributed by atoms with Gasteiger partial charge in [0.2, 0.25) is 0 Å². The van der Waals surface area contributed by atoms with Gasteiger partial charge < -0.3 is 14.4 Å². The fraction of sp³-hybridized carbons (Fsp3) is 0.625. The molecule has 0 aliphatic heterocycles. The summed E-state index contributed by atoms with van der Waals surface area (Å²) in [5.41, 5.74) is 0. The molecule has 0 saturated carbocycles. The number of methoxy groups -OCH3 is 1. The predicted octanol–water partition coefficient (Wildman–Crippen LogP) is -0.0583. The molecular weight excluding hydrogens is 186 g/mol. The highest BCUT2D eigenvalue weighted by atomic mass is 16.5. The van der Waals surface area contributed by atoms with Crippen molar-refractivity contribution in [1.82, 2.24) is 14.8 Å². The molecule has 78 valence electrons. The van der Waals surface area contributed by atoms with Gasteiger partial charge in [-0.15, -0.1) is 10.2 Å². The number of aromatic nitrogens is 3. The van der Waals surface area contributed by atoms with Gasteiger partial charge in [-0.2, -0.15) is 0 Å². The summed E-state index contributed by atoms with van der Waals surface area (Å²) in [6.07, 6.45) is 2.27. The van der Waals surface area contributed by atoms with Gasteiger partial charge in [0, 0.05) is 20.1 Å². The summed E-state index contributed by atoms with van der Waals surface area (Å²) in [7, 11) is 1.61. The minimum absolute atomic E-state index is 0.0814. The van der Waals surface area contributed by atoms with Gasteiger partial charge in [-0.1, -0.05) is 0 Å². The fourth-order valence-corrected chi connectivity index (χ4v) is 1.07. The summed E-state index contributed by atoms with van der Waals surface area (Å²) in [6.45, 7) is 0.965. The predicted molar refractivity (Wildman–Crippen MR) is 47.9 cm³/mol. The van der Waals surface area contributed by atoms with Crippen molar-refractivity contribution in [2.75, 3.05) is 13.7 Å². The molecule has 1 heterocycles. The molecule has 0 aliphatic rings. The first-order chi connectivity index (χ1) is 6.74. The third-order valence-electron chi connectivity index (χ3n) is 1.79. The van der Waals surface area contributed by atoms with Crippen molar-refractivity contribution in [3.8, 4) is 0 Å². The molecule has 14 heavy (non-hydrogen) atoms. The quantitative estimate of drug-likeness (QED) is 0.694. The number of carboxylic acids is 1. The highest BCUT2D eigenvalue weighted by Crippen LogP contribution is 1.98. The molecule has 0 atom stereocenters. The molecule has 1 rings (SSSR count). The van der Waals surface area contributed by atoms with E-state index in [-0.39, 0.29) is 6.42 Å². The zero-order chi connectivity index (χ0) is 10.4. The van der Waals surface area contributed by atoms with E-state index in [1.165, 1.54) is 6.33 Å². The Hall–Kier alpha value is -1.43. The summed E-state index contributed by atoms with van der Waals surface area (Å²) in [5.74, 6) is -0.0653. The van der Waals surface area contributed by atoms with Crippen molar-refractivity contribution >= 4 is 5.97 Å². The van der Waals surface area contributed by atoms with Crippen molar-refractivity contribution in [3.63, 3.8) is 0 Å². The Kier molecular flexibility index (Phi) is 4.06. The molecule has 1 aromatic heterocycles. The number of hydrogen-bond acceptors (Lipinski definition) is 4. The van der Waals surface area contributed by atoms with Gasteiger partial charge >= 0.3 is 5.97 Å². The Balaban J connectivity index is 2.49. The van der Waals surface area contributed by atoms with E-state index in [2.05, 4.69) is 10.2 Å². The number of ether oxygens (including phenoxy) is 1. The maximum atomic E-state index is 10.3. The van der Waals surface area contributed by atoms with Gasteiger partial charge in [0.25, 0.3) is 0 Å². The summed E-state index contributed by atoms with van der Waals surface area (Å²) in [5, 5.41) is 16.1. The van der Waals surface area contributed by atoms with Crippen LogP contribution in [0.5, 0.6) is 0 Å². The van der Waals surface area contributed by atoms with Crippen LogP contribution in [0.3, 0.4) is 0 Å². The average Bonchev–Trinajstić information content (AvgIpc) is 2.58. The van der Waals surface area contributed by atoms with Crippen LogP contribution in [0.2, 0.25) is 0 Å². The van der Waals surface area contributed by atoms with Crippen LogP contribution in [-0.2, 0) is 22.5 Å². The number of hydrogen-bond donors (Lipinski definition) is 1. The number of carbonyl (C=O) groups is 1. The Morgan fingerprint density at radius 1 is 1.71 bits per heavy atom. The second-order valence-corrected chi connectivity index (χ2v) is 2.83. The monoisotopic (exact) mass is 199 g/mol. The number of rotatable bonds is 6. The van der Waals surface area contributed by atoms with Gasteiger partial charge in [-0.05, 0) is 0 Å². The van der Waals surface area contributed by atoms with E-state index in [9.17, 15) is 4.79 Å². The Morgan fingerprint density at radius 2 is 2.50 bits per heavy atom. The third kappa shape index (κ3) is 3.14. The molecule has 0 radical (unpaired) electrons. The van der Waals surface area contributed by atoms with Crippen molar-refractivity contribution in [2.24, 2.45) is 0 Å². The van der Waals surface area contributed by atoms with E-state index in [0.29, 0.717) is 19.6 Å². The molecule has 0 aromatic carbocycles. The van der Waals surface area contributed by atoms with E-state index in [0.717, 1.165) is 5.82 Å². The average molecular weight is 199 g/mol. The maximum absolute atomic E-state index is 10.3. The highest BCUT2D eigenvalue weighted by Gasteiger charge is 2.05. The van der Waals surface area contributed by atoms with Gasteiger partial charge in [0.1, 0.15) is 12.2 Å². The van der Waals surface area contributed by atoms with Crippen LogP contribution in [0.4, 0.5) is 0 Å². The molecule has 6 nitrogen and oxygen atoms in total. The second-order valence-electron chi connectivity index (χ2n) is 2.83. The molecule has 0 amide bonds. The Labute approximate surface area is 81.5 Å². The summed E-state index contributed by atoms with van der Waals surface area (Å²) < 4.78 is 6.63. The first kappa shape index (κ1) is 10.6. The molecule has 0 fully saturated rings. The first-order valence-electron chi connectivity index (χ1n) is 4.31. The van der Waals surface area contributed by atoms with Gasteiger partial charge in [0.15, 0.2) is 0 Å². The lowest BCUT2D eigenvalue weighted by molar-refractivity contribution is -0.137. The summed E-state index contributed by atoms with van der Waals surface area (Å²) in [6, 6.07) is 0. The molecular formula is C8H13N3O3. The summed E-state index contributed by atoms with van der Waals surface area (Å²) >= 11 is 0. The fourth-order valence-electron chi connectivity index (χ4n) is 1.07. The van der Waals surface area contributed by atoms with Gasteiger partial charge in [-0.3, -0.25) is 4.79 Å². The summed E-state index contributed by atoms with van der Waals surface area (Å²) in [4.78, 5) is 10.3. The SMILES string of the molecule is COCCc1nncn1CCC(=O)O. The lowest BCUT2D eigenvalue weighted by atomic mass is 10.4. The van der Waals surface area contributed by atoms with E-state index < -0.39 is 5.97 Å². The Bertz CT molecular complexity index is 298. The van der Waals surface area contributed by atoms with Crippen LogP contribution >= 0.6 is 0 Å². The minimum Gasteiger partial charge on any atom is -0.481 e. The zero-order valence-electron chi connectivity index (χ0n) is 8.01. The van der Waals surface area contributed by atoms with Crippen LogP contribution in [0.25, 0.3) is 0 Å². The van der Waals surface area contributed by atoms with Crippen molar-refractivity contribution < 1.29 is 14.6 Å². The first-order valence-corrected chi connectivity index (χ1v) is 4.31. The lowest BCUT2D eigenvalue weighted by Crippen LogP contribution is -2.09. The van der Waals surface area contributed by atoms with E-state index in [1.54, 1.807) is 11.7 Å². The molecule has 0 saturated heterocycles. The standard InChI is InChI=1S/C8H13N3O3/c1-14-5-3-7-10-9-6-11(7)4-2-8(12)13/h6H,2-5H2,1H3,(H,12,13). The molecule has 0 spiro atoms. The minimum atomic E-state index is -0.823. The lowest BCUT2D eigenvalue weighted by Gasteiger charge is -2.03. The molecule has 0 bridgehead atoms. The van der Waals surface area contributed by atoms with Crippen molar-refractivity contribution in [2.45, 2.75) is 19.4 Å². The van der Waals surface area contributed by atoms with Crippen LogP contribution in [0.1, 0.15) is 12.2 Å². The second kappa shape index (κ2) is 5.33. The van der Waals surface area contributed by atoms with Crippen LogP contribution in [-0.4, -0.2) is 39.6 Å². The molecule has 0 unspecified atom stereocenters. The number of nitrogens with zero attached hydrogens (tertiary/aromatic N) is 3. The Morgan fingerprint density at radius 3 is 3.14 bits per heavy atom. The normalized spacial score (nSPS) is 10.4. The van der Waals surface area contributed by atoms with Gasteiger partial charge in [-0.25, -0.2) is 0 Å². The van der Waals surface area contributed by atoms with E-state index >= 15 is 0 Å².